The zero-order valence-electron chi connectivity index (χ0n) is 18.1. The molecule has 162 valence electrons. The zero-order chi connectivity index (χ0) is 21.5. The second kappa shape index (κ2) is 10.5. The van der Waals surface area contributed by atoms with Crippen LogP contribution in [0, 0.1) is 11.7 Å². The summed E-state index contributed by atoms with van der Waals surface area (Å²) < 4.78 is 19.3. The summed E-state index contributed by atoms with van der Waals surface area (Å²) in [5.74, 6) is 1.21. The van der Waals surface area contributed by atoms with E-state index in [0.717, 1.165) is 37.4 Å². The summed E-state index contributed by atoms with van der Waals surface area (Å²) in [5, 5.41) is 3.43. The van der Waals surface area contributed by atoms with Crippen LogP contribution in [-0.4, -0.2) is 69.6 Å². The Kier molecular flexibility index (Phi) is 7.82. The molecule has 0 radical (unpaired) electrons. The first kappa shape index (κ1) is 22.2. The van der Waals surface area contributed by atoms with Gasteiger partial charge in [-0.3, -0.25) is 4.79 Å². The maximum atomic E-state index is 13.3. The molecule has 0 bridgehead atoms. The molecule has 5 nitrogen and oxygen atoms in total. The fourth-order valence-electron chi connectivity index (χ4n) is 3.82. The second-order valence-electron chi connectivity index (χ2n) is 8.28. The number of benzene rings is 2. The SMILES string of the molecule is CN(C)CCN(C)C(=O)c1ccc(OC[C@@H]2CNCC[C@H]2c2ccc(F)cc2)cc1. The van der Waals surface area contributed by atoms with Crippen LogP contribution in [0.1, 0.15) is 28.3 Å². The molecular formula is C24H32FN3O2. The van der Waals surface area contributed by atoms with Crippen molar-refractivity contribution in [3.05, 3.63) is 65.5 Å². The van der Waals surface area contributed by atoms with Crippen LogP contribution in [0.4, 0.5) is 4.39 Å². The van der Waals surface area contributed by atoms with E-state index in [1.165, 1.54) is 12.1 Å². The van der Waals surface area contributed by atoms with Gasteiger partial charge in [0.15, 0.2) is 0 Å². The van der Waals surface area contributed by atoms with E-state index in [0.29, 0.717) is 30.6 Å². The van der Waals surface area contributed by atoms with Gasteiger partial charge >= 0.3 is 0 Å². The van der Waals surface area contributed by atoms with Gasteiger partial charge in [0, 0.05) is 38.2 Å². The summed E-state index contributed by atoms with van der Waals surface area (Å²) in [7, 11) is 5.81. The van der Waals surface area contributed by atoms with E-state index in [2.05, 4.69) is 10.2 Å². The minimum atomic E-state index is -0.206. The number of hydrogen-bond donors (Lipinski definition) is 1. The van der Waals surface area contributed by atoms with Crippen molar-refractivity contribution in [2.24, 2.45) is 5.92 Å². The fraction of sp³-hybridized carbons (Fsp3) is 0.458. The number of nitrogens with zero attached hydrogens (tertiary/aromatic N) is 2. The van der Waals surface area contributed by atoms with Crippen LogP contribution >= 0.6 is 0 Å². The standard InChI is InChI=1S/C24H32FN3O2/c1-27(2)14-15-28(3)24(29)19-6-10-22(11-7-19)30-17-20-16-26-13-12-23(20)18-4-8-21(25)9-5-18/h4-11,20,23,26H,12-17H2,1-3H3/t20-,23-/m0/s1. The molecular weight excluding hydrogens is 381 g/mol. The number of nitrogens with one attached hydrogen (secondary N) is 1. The van der Waals surface area contributed by atoms with Gasteiger partial charge in [0.2, 0.25) is 0 Å². The Morgan fingerprint density at radius 2 is 1.77 bits per heavy atom. The van der Waals surface area contributed by atoms with Crippen LogP contribution in [0.25, 0.3) is 0 Å². The summed E-state index contributed by atoms with van der Waals surface area (Å²) >= 11 is 0. The number of carbonyl (C=O) groups excluding carboxylic acids is 1. The van der Waals surface area contributed by atoms with Crippen LogP contribution in [0.5, 0.6) is 5.75 Å². The number of rotatable bonds is 8. The van der Waals surface area contributed by atoms with Gasteiger partial charge in [-0.2, -0.15) is 0 Å². The third-order valence-corrected chi connectivity index (χ3v) is 5.70. The van der Waals surface area contributed by atoms with Crippen molar-refractivity contribution in [1.82, 2.24) is 15.1 Å². The molecule has 1 amide bonds. The predicted octanol–water partition coefficient (Wildman–Crippen LogP) is 3.23. The number of carbonyl (C=O) groups is 1. The van der Waals surface area contributed by atoms with Crippen LogP contribution < -0.4 is 10.1 Å². The lowest BCUT2D eigenvalue weighted by molar-refractivity contribution is 0.0786. The predicted molar refractivity (Wildman–Crippen MR) is 118 cm³/mol. The highest BCUT2D eigenvalue weighted by molar-refractivity contribution is 5.94. The molecule has 2 atom stereocenters. The Hall–Kier alpha value is -2.44. The molecule has 0 saturated carbocycles. The van der Waals surface area contributed by atoms with E-state index in [1.54, 1.807) is 4.90 Å². The summed E-state index contributed by atoms with van der Waals surface area (Å²) in [6, 6.07) is 14.2. The van der Waals surface area contributed by atoms with Gasteiger partial charge in [-0.25, -0.2) is 4.39 Å². The lowest BCUT2D eigenvalue weighted by Gasteiger charge is -2.32. The van der Waals surface area contributed by atoms with Gasteiger partial charge in [0.25, 0.3) is 5.91 Å². The second-order valence-corrected chi connectivity index (χ2v) is 8.28. The molecule has 1 heterocycles. The van der Waals surface area contributed by atoms with E-state index in [-0.39, 0.29) is 11.7 Å². The summed E-state index contributed by atoms with van der Waals surface area (Å²) in [6.07, 6.45) is 1.01. The highest BCUT2D eigenvalue weighted by Crippen LogP contribution is 2.31. The summed E-state index contributed by atoms with van der Waals surface area (Å²) in [5.41, 5.74) is 1.82. The van der Waals surface area contributed by atoms with Crippen LogP contribution in [0.2, 0.25) is 0 Å². The monoisotopic (exact) mass is 413 g/mol. The number of ether oxygens (including phenoxy) is 1. The first-order valence-electron chi connectivity index (χ1n) is 10.5. The van der Waals surface area contributed by atoms with Crippen LogP contribution in [0.3, 0.4) is 0 Å². The first-order valence-corrected chi connectivity index (χ1v) is 10.5. The van der Waals surface area contributed by atoms with Crippen molar-refractivity contribution in [3.63, 3.8) is 0 Å². The molecule has 2 aromatic carbocycles. The number of hydrogen-bond acceptors (Lipinski definition) is 4. The molecule has 0 aromatic heterocycles. The zero-order valence-corrected chi connectivity index (χ0v) is 18.1. The Morgan fingerprint density at radius 3 is 2.43 bits per heavy atom. The Bertz CT molecular complexity index is 808. The van der Waals surface area contributed by atoms with Gasteiger partial charge in [-0.1, -0.05) is 12.1 Å². The number of piperidine rings is 1. The smallest absolute Gasteiger partial charge is 0.253 e. The minimum absolute atomic E-state index is 0.0104. The van der Waals surface area contributed by atoms with Crippen molar-refractivity contribution >= 4 is 5.91 Å². The number of amides is 1. The van der Waals surface area contributed by atoms with E-state index in [1.807, 2.05) is 57.5 Å². The molecule has 2 aromatic rings. The van der Waals surface area contributed by atoms with Crippen molar-refractivity contribution < 1.29 is 13.9 Å². The van der Waals surface area contributed by atoms with Crippen molar-refractivity contribution in [2.45, 2.75) is 12.3 Å². The van der Waals surface area contributed by atoms with Gasteiger partial charge in [0.05, 0.1) is 6.61 Å². The number of halogens is 1. The van der Waals surface area contributed by atoms with E-state index >= 15 is 0 Å². The Morgan fingerprint density at radius 1 is 1.07 bits per heavy atom. The molecule has 0 spiro atoms. The fourth-order valence-corrected chi connectivity index (χ4v) is 3.82. The van der Waals surface area contributed by atoms with Gasteiger partial charge in [0.1, 0.15) is 11.6 Å². The highest BCUT2D eigenvalue weighted by atomic mass is 19.1. The highest BCUT2D eigenvalue weighted by Gasteiger charge is 2.27. The molecule has 3 rings (SSSR count). The quantitative estimate of drug-likeness (QED) is 0.722. The van der Waals surface area contributed by atoms with Crippen molar-refractivity contribution in [2.75, 3.05) is 53.9 Å². The summed E-state index contributed by atoms with van der Waals surface area (Å²) in [4.78, 5) is 16.3. The lowest BCUT2D eigenvalue weighted by Crippen LogP contribution is -2.38. The van der Waals surface area contributed by atoms with Crippen molar-refractivity contribution in [3.8, 4) is 5.75 Å². The van der Waals surface area contributed by atoms with Gasteiger partial charge < -0.3 is 19.9 Å². The average molecular weight is 414 g/mol. The topological polar surface area (TPSA) is 44.8 Å². The molecule has 1 aliphatic rings. The minimum Gasteiger partial charge on any atom is -0.493 e. The maximum Gasteiger partial charge on any atom is 0.253 e. The molecule has 30 heavy (non-hydrogen) atoms. The van der Waals surface area contributed by atoms with E-state index < -0.39 is 0 Å². The Labute approximate surface area is 178 Å². The molecule has 6 heteroatoms. The largest absolute Gasteiger partial charge is 0.493 e. The van der Waals surface area contributed by atoms with Crippen LogP contribution in [0.15, 0.2) is 48.5 Å². The van der Waals surface area contributed by atoms with Crippen LogP contribution in [-0.2, 0) is 0 Å². The molecule has 0 unspecified atom stereocenters. The summed E-state index contributed by atoms with van der Waals surface area (Å²) in [6.45, 7) is 3.91. The normalized spacial score (nSPS) is 19.0. The van der Waals surface area contributed by atoms with Gasteiger partial charge in [-0.15, -0.1) is 0 Å². The first-order chi connectivity index (χ1) is 14.4. The molecule has 1 saturated heterocycles. The van der Waals surface area contributed by atoms with Gasteiger partial charge in [-0.05, 0) is 74.9 Å². The van der Waals surface area contributed by atoms with E-state index in [4.69, 9.17) is 4.74 Å². The lowest BCUT2D eigenvalue weighted by atomic mass is 9.81. The molecule has 1 N–H and O–H groups in total. The number of likely N-dealkylation sites (N-methyl/N-ethyl adjacent to an activating group) is 2. The third-order valence-electron chi connectivity index (χ3n) is 5.70. The molecule has 0 aliphatic carbocycles. The van der Waals surface area contributed by atoms with E-state index in [9.17, 15) is 9.18 Å². The molecule has 1 fully saturated rings. The molecule has 1 aliphatic heterocycles. The Balaban J connectivity index is 1.57. The third kappa shape index (κ3) is 6.03. The maximum absolute atomic E-state index is 13.3. The average Bonchev–Trinajstić information content (AvgIpc) is 2.76. The van der Waals surface area contributed by atoms with Crippen molar-refractivity contribution in [1.29, 1.82) is 0 Å².